The zero-order chi connectivity index (χ0) is 12.8. The Bertz CT molecular complexity index is 252. The molecule has 0 aromatic carbocycles. The minimum Gasteiger partial charge on any atom is -0.404 e. The van der Waals surface area contributed by atoms with Crippen LogP contribution in [0.4, 0.5) is 0 Å². The summed E-state index contributed by atoms with van der Waals surface area (Å²) in [5.41, 5.74) is 0. The second-order valence-corrected chi connectivity index (χ2v) is 10.7. The van der Waals surface area contributed by atoms with Crippen LogP contribution < -0.4 is 0 Å². The van der Waals surface area contributed by atoms with Crippen molar-refractivity contribution >= 4 is 8.32 Å². The van der Waals surface area contributed by atoms with Gasteiger partial charge in [-0.2, -0.15) is 0 Å². The predicted octanol–water partition coefficient (Wildman–Crippen LogP) is 4.59. The average Bonchev–Trinajstić information content (AvgIpc) is 2.10. The normalized spacial score (nSPS) is 14.2. The summed E-state index contributed by atoms with van der Waals surface area (Å²) in [7, 11) is -1.64. The first kappa shape index (κ1) is 15.7. The fourth-order valence-corrected chi connectivity index (χ4v) is 2.43. The van der Waals surface area contributed by atoms with Gasteiger partial charge in [0.1, 0.15) is 6.10 Å². The molecule has 0 aliphatic rings. The van der Waals surface area contributed by atoms with E-state index in [4.69, 9.17) is 4.43 Å². The van der Waals surface area contributed by atoms with Crippen molar-refractivity contribution in [3.8, 4) is 11.8 Å². The first-order chi connectivity index (χ1) is 7.20. The fourth-order valence-electron chi connectivity index (χ4n) is 1.13. The molecule has 94 valence electrons. The highest BCUT2D eigenvalue weighted by molar-refractivity contribution is 6.74. The predicted molar refractivity (Wildman–Crippen MR) is 75.0 cm³/mol. The maximum Gasteiger partial charge on any atom is 0.193 e. The van der Waals surface area contributed by atoms with E-state index < -0.39 is 8.32 Å². The van der Waals surface area contributed by atoms with E-state index in [1.54, 1.807) is 0 Å². The largest absolute Gasteiger partial charge is 0.404 e. The number of hydrogen-bond acceptors (Lipinski definition) is 1. The van der Waals surface area contributed by atoms with Crippen LogP contribution in [-0.4, -0.2) is 14.4 Å². The second-order valence-electron chi connectivity index (χ2n) is 5.95. The van der Waals surface area contributed by atoms with Crippen LogP contribution in [0.5, 0.6) is 0 Å². The Kier molecular flexibility index (Phi) is 6.36. The Morgan fingerprint density at radius 1 is 1.25 bits per heavy atom. The molecule has 0 bridgehead atoms. The van der Waals surface area contributed by atoms with E-state index in [-0.39, 0.29) is 11.1 Å². The van der Waals surface area contributed by atoms with Gasteiger partial charge in [0.2, 0.25) is 0 Å². The van der Waals surface area contributed by atoms with Crippen LogP contribution >= 0.6 is 0 Å². The van der Waals surface area contributed by atoms with E-state index in [2.05, 4.69) is 59.6 Å². The summed E-state index contributed by atoms with van der Waals surface area (Å²) < 4.78 is 6.15. The van der Waals surface area contributed by atoms with E-state index in [1.807, 2.05) is 0 Å². The quantitative estimate of drug-likeness (QED) is 0.397. The molecule has 1 unspecified atom stereocenters. The average molecular weight is 240 g/mol. The maximum absolute atomic E-state index is 6.15. The van der Waals surface area contributed by atoms with Crippen LogP contribution in [-0.2, 0) is 4.43 Å². The van der Waals surface area contributed by atoms with E-state index >= 15 is 0 Å². The standard InChI is InChI=1S/C14H28OSi/c1-8-9-10-11-12-13(2)15-16(6,7)14(3,4)5/h13H,8-10H2,1-7H3. The van der Waals surface area contributed by atoms with Gasteiger partial charge in [-0.3, -0.25) is 0 Å². The topological polar surface area (TPSA) is 9.23 Å². The van der Waals surface area contributed by atoms with Crippen molar-refractivity contribution in [2.45, 2.75) is 78.1 Å². The van der Waals surface area contributed by atoms with Gasteiger partial charge in [-0.05, 0) is 31.5 Å². The Labute approximate surface area is 103 Å². The molecule has 2 heteroatoms. The lowest BCUT2D eigenvalue weighted by molar-refractivity contribution is 0.251. The molecule has 0 aromatic rings. The molecule has 0 rings (SSSR count). The van der Waals surface area contributed by atoms with Gasteiger partial charge in [-0.1, -0.05) is 40.0 Å². The Morgan fingerprint density at radius 2 is 1.81 bits per heavy atom. The lowest BCUT2D eigenvalue weighted by Crippen LogP contribution is -2.43. The molecule has 0 radical (unpaired) electrons. The van der Waals surface area contributed by atoms with Gasteiger partial charge in [-0.15, -0.1) is 5.92 Å². The molecule has 0 aliphatic carbocycles. The Hall–Kier alpha value is -0.263. The molecule has 0 fully saturated rings. The van der Waals surface area contributed by atoms with E-state index in [0.717, 1.165) is 6.42 Å². The van der Waals surface area contributed by atoms with Crippen LogP contribution in [0.15, 0.2) is 0 Å². The van der Waals surface area contributed by atoms with Crippen molar-refractivity contribution in [1.82, 2.24) is 0 Å². The molecule has 0 saturated carbocycles. The Morgan fingerprint density at radius 3 is 2.25 bits per heavy atom. The molecule has 16 heavy (non-hydrogen) atoms. The third-order valence-corrected chi connectivity index (χ3v) is 7.79. The van der Waals surface area contributed by atoms with Crippen molar-refractivity contribution < 1.29 is 4.43 Å². The van der Waals surface area contributed by atoms with Crippen molar-refractivity contribution in [2.24, 2.45) is 0 Å². The summed E-state index contributed by atoms with van der Waals surface area (Å²) in [4.78, 5) is 0. The van der Waals surface area contributed by atoms with E-state index in [9.17, 15) is 0 Å². The monoisotopic (exact) mass is 240 g/mol. The summed E-state index contributed by atoms with van der Waals surface area (Å²) in [6, 6.07) is 0. The molecule has 0 aliphatic heterocycles. The fraction of sp³-hybridized carbons (Fsp3) is 0.857. The van der Waals surface area contributed by atoms with Gasteiger partial charge in [0.15, 0.2) is 8.32 Å². The molecule has 0 N–H and O–H groups in total. The van der Waals surface area contributed by atoms with Gasteiger partial charge < -0.3 is 4.43 Å². The third kappa shape index (κ3) is 5.72. The van der Waals surface area contributed by atoms with Gasteiger partial charge >= 0.3 is 0 Å². The van der Waals surface area contributed by atoms with E-state index in [1.165, 1.54) is 12.8 Å². The molecule has 1 nitrogen and oxygen atoms in total. The lowest BCUT2D eigenvalue weighted by atomic mass is 10.2. The minimum absolute atomic E-state index is 0.0812. The third-order valence-electron chi connectivity index (χ3n) is 3.24. The molecule has 0 saturated heterocycles. The molecular weight excluding hydrogens is 212 g/mol. The van der Waals surface area contributed by atoms with Gasteiger partial charge in [-0.25, -0.2) is 0 Å². The molecule has 0 heterocycles. The first-order valence-electron chi connectivity index (χ1n) is 6.37. The highest BCUT2D eigenvalue weighted by Gasteiger charge is 2.38. The summed E-state index contributed by atoms with van der Waals surface area (Å²) in [5, 5.41) is 0.270. The molecule has 1 atom stereocenters. The summed E-state index contributed by atoms with van der Waals surface area (Å²) in [5.74, 6) is 6.42. The van der Waals surface area contributed by atoms with Crippen molar-refractivity contribution in [3.63, 3.8) is 0 Å². The van der Waals surface area contributed by atoms with E-state index in [0.29, 0.717) is 0 Å². The highest BCUT2D eigenvalue weighted by atomic mass is 28.4. The number of rotatable bonds is 4. The summed E-state index contributed by atoms with van der Waals surface area (Å²) in [6.45, 7) is 15.6. The van der Waals surface area contributed by atoms with Crippen LogP contribution in [0.3, 0.4) is 0 Å². The molecule has 0 spiro atoms. The first-order valence-corrected chi connectivity index (χ1v) is 9.27. The second kappa shape index (κ2) is 6.47. The molecule has 0 aromatic heterocycles. The van der Waals surface area contributed by atoms with Crippen molar-refractivity contribution in [3.05, 3.63) is 0 Å². The van der Waals surface area contributed by atoms with Crippen molar-refractivity contribution in [2.75, 3.05) is 0 Å². The number of hydrogen-bond donors (Lipinski definition) is 0. The summed E-state index contributed by atoms with van der Waals surface area (Å²) in [6.07, 6.45) is 3.49. The Balaban J connectivity index is 4.22. The highest BCUT2D eigenvalue weighted by Crippen LogP contribution is 2.37. The van der Waals surface area contributed by atoms with Gasteiger partial charge in [0, 0.05) is 6.42 Å². The van der Waals surface area contributed by atoms with Crippen molar-refractivity contribution in [1.29, 1.82) is 0 Å². The summed E-state index contributed by atoms with van der Waals surface area (Å²) >= 11 is 0. The number of unbranched alkanes of at least 4 members (excludes halogenated alkanes) is 2. The lowest BCUT2D eigenvalue weighted by Gasteiger charge is -2.37. The van der Waals surface area contributed by atoms with Crippen LogP contribution in [0, 0.1) is 11.8 Å². The van der Waals surface area contributed by atoms with Gasteiger partial charge in [0.25, 0.3) is 0 Å². The zero-order valence-corrected chi connectivity index (χ0v) is 13.1. The molecule has 0 amide bonds. The van der Waals surface area contributed by atoms with Crippen LogP contribution in [0.25, 0.3) is 0 Å². The SMILES string of the molecule is CCCCC#CC(C)O[Si](C)(C)C(C)(C)C. The minimum atomic E-state index is -1.64. The van der Waals surface area contributed by atoms with Crippen LogP contribution in [0.1, 0.15) is 53.9 Å². The maximum atomic E-state index is 6.15. The molecular formula is C14H28OSi. The zero-order valence-electron chi connectivity index (χ0n) is 12.1. The smallest absolute Gasteiger partial charge is 0.193 e. The van der Waals surface area contributed by atoms with Crippen LogP contribution in [0.2, 0.25) is 18.1 Å². The van der Waals surface area contributed by atoms with Gasteiger partial charge in [0.05, 0.1) is 0 Å².